The Kier molecular flexibility index (Phi) is 4.97. The number of rotatable bonds is 6. The molecule has 2 fully saturated rings. The molecule has 5 nitrogen and oxygen atoms in total. The van der Waals surface area contributed by atoms with E-state index in [1.54, 1.807) is 18.4 Å². The minimum atomic E-state index is -0.0903. The molecular weight excluding hydrogens is 322 g/mol. The monoisotopic (exact) mass is 349 g/mol. The first-order chi connectivity index (χ1) is 11.4. The van der Waals surface area contributed by atoms with E-state index >= 15 is 0 Å². The van der Waals surface area contributed by atoms with Gasteiger partial charge in [0.2, 0.25) is 11.8 Å². The first kappa shape index (κ1) is 17.4. The van der Waals surface area contributed by atoms with Crippen molar-refractivity contribution in [2.75, 3.05) is 20.1 Å². The summed E-state index contributed by atoms with van der Waals surface area (Å²) in [5.74, 6) is 0.793. The van der Waals surface area contributed by atoms with Gasteiger partial charge in [0.25, 0.3) is 0 Å². The lowest BCUT2D eigenvalue weighted by Crippen LogP contribution is -2.43. The van der Waals surface area contributed by atoms with Gasteiger partial charge in [-0.3, -0.25) is 14.5 Å². The molecule has 1 spiro atoms. The third-order valence-corrected chi connectivity index (χ3v) is 6.11. The first-order valence-electron chi connectivity index (χ1n) is 8.71. The minimum absolute atomic E-state index is 0.00556. The second-order valence-electron chi connectivity index (χ2n) is 7.57. The van der Waals surface area contributed by atoms with Crippen LogP contribution < -0.4 is 10.6 Å². The van der Waals surface area contributed by atoms with Crippen molar-refractivity contribution in [1.82, 2.24) is 15.5 Å². The summed E-state index contributed by atoms with van der Waals surface area (Å²) in [5, 5.41) is 7.87. The molecule has 1 saturated heterocycles. The lowest BCUT2D eigenvalue weighted by molar-refractivity contribution is -0.125. The highest BCUT2D eigenvalue weighted by Gasteiger charge is 2.63. The van der Waals surface area contributed by atoms with Gasteiger partial charge in [0.05, 0.1) is 12.6 Å². The standard InChI is InChI=1S/C18H27N3O2S/c1-12(2)10-21-11-18(8-15(21)17(23)19-3)7-14(18)16(22)20-9-13-5-4-6-24-13/h4-6,12,14-15H,7-11H2,1-3H3,(H,19,23)(H,20,22)/t14-,15+,18+/m1/s1. The van der Waals surface area contributed by atoms with Crippen molar-refractivity contribution < 1.29 is 9.59 Å². The molecule has 1 aliphatic heterocycles. The van der Waals surface area contributed by atoms with Gasteiger partial charge in [-0.25, -0.2) is 0 Å². The Morgan fingerprint density at radius 3 is 2.79 bits per heavy atom. The maximum absolute atomic E-state index is 12.5. The number of hydrogen-bond acceptors (Lipinski definition) is 4. The average Bonchev–Trinajstić information content (AvgIpc) is 2.89. The van der Waals surface area contributed by atoms with E-state index in [-0.39, 0.29) is 29.2 Å². The third-order valence-electron chi connectivity index (χ3n) is 5.23. The highest BCUT2D eigenvalue weighted by Crippen LogP contribution is 2.60. The maximum Gasteiger partial charge on any atom is 0.237 e. The number of likely N-dealkylation sites (tertiary alicyclic amines) is 1. The van der Waals surface area contributed by atoms with Crippen LogP contribution in [0.2, 0.25) is 0 Å². The predicted molar refractivity (Wildman–Crippen MR) is 95.6 cm³/mol. The molecule has 3 rings (SSSR count). The Morgan fingerprint density at radius 2 is 2.17 bits per heavy atom. The minimum Gasteiger partial charge on any atom is -0.358 e. The summed E-state index contributed by atoms with van der Waals surface area (Å²) in [6.45, 7) is 6.72. The summed E-state index contributed by atoms with van der Waals surface area (Å²) in [6, 6.07) is 3.95. The number of hydrogen-bond donors (Lipinski definition) is 2. The maximum atomic E-state index is 12.5. The van der Waals surface area contributed by atoms with E-state index in [1.807, 2.05) is 17.5 Å². The lowest BCUT2D eigenvalue weighted by Gasteiger charge is -2.24. The molecule has 1 aliphatic carbocycles. The molecule has 1 saturated carbocycles. The average molecular weight is 350 g/mol. The highest BCUT2D eigenvalue weighted by atomic mass is 32.1. The Bertz CT molecular complexity index is 601. The zero-order chi connectivity index (χ0) is 17.3. The molecule has 2 N–H and O–H groups in total. The molecule has 0 bridgehead atoms. The molecule has 1 aromatic rings. The van der Waals surface area contributed by atoms with E-state index in [0.717, 1.165) is 25.9 Å². The van der Waals surface area contributed by atoms with Crippen LogP contribution in [0.3, 0.4) is 0 Å². The first-order valence-corrected chi connectivity index (χ1v) is 9.59. The van der Waals surface area contributed by atoms with Crippen molar-refractivity contribution in [2.45, 2.75) is 39.3 Å². The number of likely N-dealkylation sites (N-methyl/N-ethyl adjacent to an activating group) is 1. The second kappa shape index (κ2) is 6.84. The number of nitrogens with one attached hydrogen (secondary N) is 2. The van der Waals surface area contributed by atoms with Gasteiger partial charge in [0, 0.05) is 30.9 Å². The fraction of sp³-hybridized carbons (Fsp3) is 0.667. The highest BCUT2D eigenvalue weighted by molar-refractivity contribution is 7.09. The number of nitrogens with zero attached hydrogens (tertiary/aromatic N) is 1. The van der Waals surface area contributed by atoms with Crippen molar-refractivity contribution in [3.63, 3.8) is 0 Å². The van der Waals surface area contributed by atoms with Gasteiger partial charge in [0.15, 0.2) is 0 Å². The SMILES string of the molecule is CNC(=O)[C@@H]1C[C@@]2(C[C@@H]2C(=O)NCc2cccs2)CN1CC(C)C. The van der Waals surface area contributed by atoms with Crippen LogP contribution in [-0.4, -0.2) is 42.9 Å². The smallest absolute Gasteiger partial charge is 0.237 e. The second-order valence-corrected chi connectivity index (χ2v) is 8.61. The van der Waals surface area contributed by atoms with E-state index in [0.29, 0.717) is 12.5 Å². The molecule has 0 radical (unpaired) electrons. The summed E-state index contributed by atoms with van der Waals surface area (Å²) >= 11 is 1.66. The fourth-order valence-corrected chi connectivity index (χ4v) is 4.65. The van der Waals surface area contributed by atoms with Gasteiger partial charge >= 0.3 is 0 Å². The van der Waals surface area contributed by atoms with Gasteiger partial charge in [-0.2, -0.15) is 0 Å². The van der Waals surface area contributed by atoms with E-state index in [9.17, 15) is 9.59 Å². The summed E-state index contributed by atoms with van der Waals surface area (Å²) < 4.78 is 0. The Balaban J connectivity index is 1.60. The van der Waals surface area contributed by atoms with Crippen molar-refractivity contribution in [3.8, 4) is 0 Å². The Morgan fingerprint density at radius 1 is 1.38 bits per heavy atom. The number of thiophene rings is 1. The van der Waals surface area contributed by atoms with Crippen molar-refractivity contribution >= 4 is 23.2 Å². The van der Waals surface area contributed by atoms with Crippen LogP contribution in [0.25, 0.3) is 0 Å². The molecule has 1 aromatic heterocycles. The predicted octanol–water partition coefficient (Wildman–Crippen LogP) is 1.85. The van der Waals surface area contributed by atoms with E-state index in [1.165, 1.54) is 4.88 Å². The van der Waals surface area contributed by atoms with Gasteiger partial charge in [-0.1, -0.05) is 19.9 Å². The molecule has 6 heteroatoms. The molecule has 0 aromatic carbocycles. The topological polar surface area (TPSA) is 61.4 Å². The van der Waals surface area contributed by atoms with E-state index < -0.39 is 0 Å². The number of amides is 2. The summed E-state index contributed by atoms with van der Waals surface area (Å²) in [5.41, 5.74) is 0.00556. The largest absolute Gasteiger partial charge is 0.358 e. The summed E-state index contributed by atoms with van der Waals surface area (Å²) in [6.07, 6.45) is 1.71. The van der Waals surface area contributed by atoms with Crippen molar-refractivity contribution in [1.29, 1.82) is 0 Å². The summed E-state index contributed by atoms with van der Waals surface area (Å²) in [4.78, 5) is 28.2. The Labute approximate surface area is 147 Å². The van der Waals surface area contributed by atoms with E-state index in [2.05, 4.69) is 29.4 Å². The molecule has 2 aliphatic rings. The van der Waals surface area contributed by atoms with Gasteiger partial charge in [-0.15, -0.1) is 11.3 Å². The quantitative estimate of drug-likeness (QED) is 0.824. The van der Waals surface area contributed by atoms with Gasteiger partial charge < -0.3 is 10.6 Å². The van der Waals surface area contributed by atoms with Gasteiger partial charge in [0.1, 0.15) is 0 Å². The van der Waals surface area contributed by atoms with E-state index in [4.69, 9.17) is 0 Å². The van der Waals surface area contributed by atoms with Crippen LogP contribution in [0.15, 0.2) is 17.5 Å². The molecule has 132 valence electrons. The third kappa shape index (κ3) is 3.49. The van der Waals surface area contributed by atoms with Crippen molar-refractivity contribution in [2.24, 2.45) is 17.3 Å². The number of carbonyl (C=O) groups is 2. The molecule has 2 amide bonds. The molecule has 24 heavy (non-hydrogen) atoms. The van der Waals surface area contributed by atoms with Crippen LogP contribution >= 0.6 is 11.3 Å². The molecule has 0 unspecified atom stereocenters. The fourth-order valence-electron chi connectivity index (χ4n) is 4.01. The van der Waals surface area contributed by atoms with Gasteiger partial charge in [-0.05, 0) is 35.6 Å². The summed E-state index contributed by atoms with van der Waals surface area (Å²) in [7, 11) is 1.69. The lowest BCUT2D eigenvalue weighted by atomic mass is 9.99. The van der Waals surface area contributed by atoms with Crippen LogP contribution in [-0.2, 0) is 16.1 Å². The molecule has 2 heterocycles. The molecule has 3 atom stereocenters. The van der Waals surface area contributed by atoms with Crippen LogP contribution in [0.1, 0.15) is 31.6 Å². The normalized spacial score (nSPS) is 29.2. The molecular formula is C18H27N3O2S. The van der Waals surface area contributed by atoms with Crippen LogP contribution in [0.5, 0.6) is 0 Å². The van der Waals surface area contributed by atoms with Crippen LogP contribution in [0.4, 0.5) is 0 Å². The zero-order valence-electron chi connectivity index (χ0n) is 14.7. The number of carbonyl (C=O) groups excluding carboxylic acids is 2. The Hall–Kier alpha value is -1.40. The zero-order valence-corrected chi connectivity index (χ0v) is 15.5. The van der Waals surface area contributed by atoms with Crippen LogP contribution in [0, 0.1) is 17.3 Å². The van der Waals surface area contributed by atoms with Crippen molar-refractivity contribution in [3.05, 3.63) is 22.4 Å².